The third-order valence-corrected chi connectivity index (χ3v) is 3.61. The molecule has 0 unspecified atom stereocenters. The summed E-state index contributed by atoms with van der Waals surface area (Å²) in [4.78, 5) is 8.73. The number of hydrogen-bond acceptors (Lipinski definition) is 5. The summed E-state index contributed by atoms with van der Waals surface area (Å²) in [5.74, 6) is 1.07. The lowest BCUT2D eigenvalue weighted by atomic mass is 10.1. The van der Waals surface area contributed by atoms with Crippen LogP contribution in [0.1, 0.15) is 0 Å². The van der Waals surface area contributed by atoms with Gasteiger partial charge in [-0.3, -0.25) is 5.10 Å². The quantitative estimate of drug-likeness (QED) is 0.539. The number of nitrogens with two attached hydrogens (primary N) is 1. The SMILES string of the molecule is Nc1n[nH]c2cc(-c3cnc(Nc4ccccc4)nc3)ccc12. The van der Waals surface area contributed by atoms with Crippen LogP contribution in [0, 0.1) is 0 Å². The molecule has 0 aliphatic carbocycles. The molecule has 6 heteroatoms. The maximum Gasteiger partial charge on any atom is 0.227 e. The molecular formula is C17H14N6. The summed E-state index contributed by atoms with van der Waals surface area (Å²) in [5.41, 5.74) is 9.57. The third kappa shape index (κ3) is 2.57. The molecule has 2 aromatic heterocycles. The van der Waals surface area contributed by atoms with Crippen LogP contribution in [0.15, 0.2) is 60.9 Å². The summed E-state index contributed by atoms with van der Waals surface area (Å²) in [6, 6.07) is 15.7. The molecule has 2 heterocycles. The van der Waals surface area contributed by atoms with Crippen LogP contribution in [0.3, 0.4) is 0 Å². The molecule has 0 radical (unpaired) electrons. The van der Waals surface area contributed by atoms with Crippen molar-refractivity contribution in [3.63, 3.8) is 0 Å². The average molecular weight is 302 g/mol. The van der Waals surface area contributed by atoms with Gasteiger partial charge < -0.3 is 11.1 Å². The summed E-state index contributed by atoms with van der Waals surface area (Å²) in [6.45, 7) is 0. The molecule has 0 saturated carbocycles. The first-order valence-electron chi connectivity index (χ1n) is 7.18. The van der Waals surface area contributed by atoms with Gasteiger partial charge in [0.15, 0.2) is 5.82 Å². The number of nitrogens with one attached hydrogen (secondary N) is 2. The first kappa shape index (κ1) is 13.3. The Hall–Kier alpha value is -3.41. The Morgan fingerprint density at radius 3 is 2.48 bits per heavy atom. The van der Waals surface area contributed by atoms with Gasteiger partial charge in [0.1, 0.15) is 0 Å². The number of rotatable bonds is 3. The molecule has 0 saturated heterocycles. The number of benzene rings is 2. The second-order valence-electron chi connectivity index (χ2n) is 5.16. The van der Waals surface area contributed by atoms with Crippen LogP contribution in [0.25, 0.3) is 22.0 Å². The van der Waals surface area contributed by atoms with Crippen molar-refractivity contribution in [2.45, 2.75) is 0 Å². The van der Waals surface area contributed by atoms with Crippen molar-refractivity contribution < 1.29 is 0 Å². The molecule has 112 valence electrons. The second kappa shape index (κ2) is 5.42. The Kier molecular flexibility index (Phi) is 3.12. The first-order valence-corrected chi connectivity index (χ1v) is 7.18. The zero-order chi connectivity index (χ0) is 15.6. The maximum atomic E-state index is 5.78. The molecule has 0 fully saturated rings. The second-order valence-corrected chi connectivity index (χ2v) is 5.16. The fourth-order valence-electron chi connectivity index (χ4n) is 2.41. The fourth-order valence-corrected chi connectivity index (χ4v) is 2.41. The van der Waals surface area contributed by atoms with Gasteiger partial charge >= 0.3 is 0 Å². The molecule has 0 aliphatic heterocycles. The molecule has 4 rings (SSSR count). The highest BCUT2D eigenvalue weighted by atomic mass is 15.1. The zero-order valence-electron chi connectivity index (χ0n) is 12.2. The van der Waals surface area contributed by atoms with Crippen molar-refractivity contribution in [1.29, 1.82) is 0 Å². The molecule has 0 aliphatic rings. The van der Waals surface area contributed by atoms with Crippen LogP contribution >= 0.6 is 0 Å². The molecule has 0 atom stereocenters. The molecule has 2 aromatic carbocycles. The Morgan fingerprint density at radius 1 is 0.913 bits per heavy atom. The lowest BCUT2D eigenvalue weighted by Gasteiger charge is -2.05. The number of H-pyrrole nitrogens is 1. The van der Waals surface area contributed by atoms with Crippen molar-refractivity contribution in [3.05, 3.63) is 60.9 Å². The van der Waals surface area contributed by atoms with E-state index in [9.17, 15) is 0 Å². The summed E-state index contributed by atoms with van der Waals surface area (Å²) in [7, 11) is 0. The molecule has 0 amide bonds. The first-order chi connectivity index (χ1) is 11.3. The molecule has 4 N–H and O–H groups in total. The van der Waals surface area contributed by atoms with Gasteiger partial charge in [0.05, 0.1) is 5.52 Å². The number of para-hydroxylation sites is 1. The molecule has 4 aromatic rings. The monoisotopic (exact) mass is 302 g/mol. The average Bonchev–Trinajstić information content (AvgIpc) is 2.97. The zero-order valence-corrected chi connectivity index (χ0v) is 12.2. The maximum absolute atomic E-state index is 5.78. The predicted octanol–water partition coefficient (Wildman–Crippen LogP) is 3.35. The van der Waals surface area contributed by atoms with Gasteiger partial charge in [-0.05, 0) is 29.8 Å². The smallest absolute Gasteiger partial charge is 0.227 e. The predicted molar refractivity (Wildman–Crippen MR) is 91.3 cm³/mol. The van der Waals surface area contributed by atoms with E-state index in [1.165, 1.54) is 0 Å². The Labute approximate surface area is 132 Å². The number of anilines is 3. The van der Waals surface area contributed by atoms with Gasteiger partial charge in [-0.2, -0.15) is 5.10 Å². The Balaban J connectivity index is 1.61. The number of aromatic amines is 1. The fraction of sp³-hybridized carbons (Fsp3) is 0. The minimum absolute atomic E-state index is 0.505. The van der Waals surface area contributed by atoms with Crippen LogP contribution in [0.2, 0.25) is 0 Å². The van der Waals surface area contributed by atoms with Gasteiger partial charge in [-0.15, -0.1) is 0 Å². The van der Waals surface area contributed by atoms with Crippen molar-refractivity contribution in [2.75, 3.05) is 11.1 Å². The van der Waals surface area contributed by atoms with Crippen molar-refractivity contribution in [1.82, 2.24) is 20.2 Å². The lowest BCUT2D eigenvalue weighted by Crippen LogP contribution is -1.96. The largest absolute Gasteiger partial charge is 0.382 e. The summed E-state index contributed by atoms with van der Waals surface area (Å²) in [6.07, 6.45) is 3.58. The van der Waals surface area contributed by atoms with E-state index in [0.717, 1.165) is 27.7 Å². The summed E-state index contributed by atoms with van der Waals surface area (Å²) >= 11 is 0. The molecule has 23 heavy (non-hydrogen) atoms. The molecule has 0 spiro atoms. The van der Waals surface area contributed by atoms with E-state index >= 15 is 0 Å². The molecule has 6 nitrogen and oxygen atoms in total. The van der Waals surface area contributed by atoms with E-state index in [2.05, 4.69) is 25.5 Å². The highest BCUT2D eigenvalue weighted by Crippen LogP contribution is 2.25. The van der Waals surface area contributed by atoms with Gasteiger partial charge in [0, 0.05) is 29.0 Å². The van der Waals surface area contributed by atoms with E-state index in [-0.39, 0.29) is 0 Å². The van der Waals surface area contributed by atoms with E-state index in [0.29, 0.717) is 11.8 Å². The van der Waals surface area contributed by atoms with Gasteiger partial charge in [0.2, 0.25) is 5.95 Å². The van der Waals surface area contributed by atoms with E-state index < -0.39 is 0 Å². The molecular weight excluding hydrogens is 288 g/mol. The van der Waals surface area contributed by atoms with Crippen molar-refractivity contribution in [2.24, 2.45) is 0 Å². The minimum Gasteiger partial charge on any atom is -0.382 e. The van der Waals surface area contributed by atoms with Gasteiger partial charge in [-0.25, -0.2) is 9.97 Å². The normalized spacial score (nSPS) is 10.8. The Bertz CT molecular complexity index is 944. The van der Waals surface area contributed by atoms with Crippen LogP contribution in [0.4, 0.5) is 17.5 Å². The topological polar surface area (TPSA) is 92.5 Å². The van der Waals surface area contributed by atoms with Gasteiger partial charge in [0.25, 0.3) is 0 Å². The number of nitrogens with zero attached hydrogens (tertiary/aromatic N) is 3. The van der Waals surface area contributed by atoms with Gasteiger partial charge in [-0.1, -0.05) is 24.3 Å². The van der Waals surface area contributed by atoms with Crippen LogP contribution < -0.4 is 11.1 Å². The van der Waals surface area contributed by atoms with Crippen molar-refractivity contribution in [3.8, 4) is 11.1 Å². The number of nitrogen functional groups attached to an aromatic ring is 1. The van der Waals surface area contributed by atoms with E-state index in [1.807, 2.05) is 48.5 Å². The van der Waals surface area contributed by atoms with E-state index in [4.69, 9.17) is 5.73 Å². The molecule has 0 bridgehead atoms. The van der Waals surface area contributed by atoms with Crippen LogP contribution in [0.5, 0.6) is 0 Å². The summed E-state index contributed by atoms with van der Waals surface area (Å²) < 4.78 is 0. The highest BCUT2D eigenvalue weighted by molar-refractivity contribution is 5.91. The standard InChI is InChI=1S/C17H14N6/c18-16-14-7-6-11(8-15(14)22-23-16)12-9-19-17(20-10-12)21-13-4-2-1-3-5-13/h1-10H,(H3,18,22,23)(H,19,20,21). The summed E-state index contributed by atoms with van der Waals surface area (Å²) in [5, 5.41) is 11.0. The van der Waals surface area contributed by atoms with Crippen molar-refractivity contribution >= 4 is 28.4 Å². The third-order valence-electron chi connectivity index (χ3n) is 3.61. The highest BCUT2D eigenvalue weighted by Gasteiger charge is 2.06. The minimum atomic E-state index is 0.505. The van der Waals surface area contributed by atoms with Crippen LogP contribution in [-0.4, -0.2) is 20.2 Å². The lowest BCUT2D eigenvalue weighted by molar-refractivity contribution is 1.13. The Morgan fingerprint density at radius 2 is 1.70 bits per heavy atom. The number of fused-ring (bicyclic) bond motifs is 1. The number of aromatic nitrogens is 4. The van der Waals surface area contributed by atoms with Crippen LogP contribution in [-0.2, 0) is 0 Å². The number of hydrogen-bond donors (Lipinski definition) is 3. The van der Waals surface area contributed by atoms with E-state index in [1.54, 1.807) is 12.4 Å².